The molecule has 0 aliphatic rings. The van der Waals surface area contributed by atoms with Crippen LogP contribution in [-0.4, -0.2) is 9.97 Å². The quantitative estimate of drug-likeness (QED) is 0.124. The molecule has 0 bridgehead atoms. The zero-order chi connectivity index (χ0) is 40.3. The van der Waals surface area contributed by atoms with Crippen LogP contribution in [0, 0.1) is 0 Å². The summed E-state index contributed by atoms with van der Waals surface area (Å²) < 4.78 is 2.61. The summed E-state index contributed by atoms with van der Waals surface area (Å²) in [6.45, 7) is 0. The van der Waals surface area contributed by atoms with E-state index in [-0.39, 0.29) is 0 Å². The average Bonchev–Trinajstić information content (AvgIpc) is 3.73. The maximum Gasteiger partial charge on any atom is 0.160 e. The van der Waals surface area contributed by atoms with Crippen molar-refractivity contribution in [1.82, 2.24) is 9.97 Å². The third-order valence-electron chi connectivity index (χ3n) is 12.1. The van der Waals surface area contributed by atoms with Crippen molar-refractivity contribution in [3.63, 3.8) is 0 Å². The largest absolute Gasteiger partial charge is 0.228 e. The second kappa shape index (κ2) is 14.5. The minimum atomic E-state index is 0.703. The van der Waals surface area contributed by atoms with Crippen molar-refractivity contribution in [3.05, 3.63) is 218 Å². The van der Waals surface area contributed by atoms with Crippen molar-refractivity contribution < 1.29 is 0 Å². The highest BCUT2D eigenvalue weighted by Gasteiger charge is 2.19. The van der Waals surface area contributed by atoms with Gasteiger partial charge in [-0.3, -0.25) is 0 Å². The predicted molar refractivity (Wildman–Crippen MR) is 260 cm³/mol. The highest BCUT2D eigenvalue weighted by atomic mass is 32.1. The molecule has 2 aromatic heterocycles. The summed E-state index contributed by atoms with van der Waals surface area (Å²) in [5.74, 6) is 0.703. The molecule has 0 fully saturated rings. The van der Waals surface area contributed by atoms with Crippen molar-refractivity contribution in [2.75, 3.05) is 0 Å². The molecule has 2 heterocycles. The molecule has 3 heteroatoms. The number of fused-ring (bicyclic) bond motifs is 7. The van der Waals surface area contributed by atoms with Gasteiger partial charge in [-0.25, -0.2) is 9.97 Å². The first kappa shape index (κ1) is 35.2. The molecule has 0 radical (unpaired) electrons. The van der Waals surface area contributed by atoms with Crippen molar-refractivity contribution in [3.8, 4) is 67.3 Å². The van der Waals surface area contributed by atoms with Gasteiger partial charge in [0.2, 0.25) is 0 Å². The van der Waals surface area contributed by atoms with Crippen LogP contribution in [0.1, 0.15) is 0 Å². The van der Waals surface area contributed by atoms with Crippen LogP contribution >= 0.6 is 11.3 Å². The second-order valence-corrected chi connectivity index (χ2v) is 16.7. The molecule has 0 saturated heterocycles. The minimum Gasteiger partial charge on any atom is -0.228 e. The minimum absolute atomic E-state index is 0.703. The Morgan fingerprint density at radius 3 is 1.66 bits per heavy atom. The number of nitrogens with zero attached hydrogens (tertiary/aromatic N) is 2. The number of aromatic nitrogens is 2. The molecule has 2 nitrogen and oxygen atoms in total. The molecule has 284 valence electrons. The van der Waals surface area contributed by atoms with Crippen LogP contribution in [-0.2, 0) is 0 Å². The van der Waals surface area contributed by atoms with Gasteiger partial charge in [0, 0.05) is 36.9 Å². The Kier molecular flexibility index (Phi) is 8.39. The van der Waals surface area contributed by atoms with Gasteiger partial charge in [-0.15, -0.1) is 11.3 Å². The Morgan fingerprint density at radius 2 is 0.869 bits per heavy atom. The molecule has 0 N–H and O–H groups in total. The van der Waals surface area contributed by atoms with Crippen molar-refractivity contribution in [2.45, 2.75) is 0 Å². The first-order valence-corrected chi connectivity index (χ1v) is 21.5. The van der Waals surface area contributed by atoms with Crippen LogP contribution in [0.4, 0.5) is 0 Å². The molecule has 0 aliphatic carbocycles. The van der Waals surface area contributed by atoms with Gasteiger partial charge in [0.1, 0.15) is 0 Å². The predicted octanol–water partition coefficient (Wildman–Crippen LogP) is 16.3. The van der Waals surface area contributed by atoms with Gasteiger partial charge in [0.25, 0.3) is 0 Å². The Balaban J connectivity index is 1.01. The van der Waals surface area contributed by atoms with E-state index < -0.39 is 0 Å². The number of hydrogen-bond acceptors (Lipinski definition) is 3. The summed E-state index contributed by atoms with van der Waals surface area (Å²) in [4.78, 5) is 10.4. The van der Waals surface area contributed by atoms with E-state index in [9.17, 15) is 0 Å². The molecule has 0 aliphatic heterocycles. The number of thiophene rings is 1. The van der Waals surface area contributed by atoms with E-state index >= 15 is 0 Å². The van der Waals surface area contributed by atoms with Gasteiger partial charge in [-0.2, -0.15) is 0 Å². The summed E-state index contributed by atoms with van der Waals surface area (Å²) in [6.07, 6.45) is 0. The van der Waals surface area contributed by atoms with Crippen molar-refractivity contribution >= 4 is 63.8 Å². The van der Waals surface area contributed by atoms with Gasteiger partial charge in [-0.05, 0) is 83.9 Å². The summed E-state index contributed by atoms with van der Waals surface area (Å²) in [5.41, 5.74) is 12.1. The van der Waals surface area contributed by atoms with E-state index in [1.165, 1.54) is 85.9 Å². The molecule has 0 amide bonds. The van der Waals surface area contributed by atoms with Crippen LogP contribution in [0.25, 0.3) is 120 Å². The summed E-state index contributed by atoms with van der Waals surface area (Å²) in [6, 6.07) is 78.7. The van der Waals surface area contributed by atoms with E-state index in [1.54, 1.807) is 0 Å². The fraction of sp³-hybridized carbons (Fsp3) is 0. The first-order chi connectivity index (χ1) is 30.2. The van der Waals surface area contributed by atoms with Crippen LogP contribution in [0.15, 0.2) is 218 Å². The maximum absolute atomic E-state index is 5.22. The molecule has 61 heavy (non-hydrogen) atoms. The van der Waals surface area contributed by atoms with E-state index in [4.69, 9.17) is 9.97 Å². The molecule has 0 unspecified atom stereocenters. The van der Waals surface area contributed by atoms with Crippen LogP contribution in [0.3, 0.4) is 0 Å². The summed E-state index contributed by atoms with van der Waals surface area (Å²) in [7, 11) is 0. The molecule has 10 aromatic carbocycles. The Bertz CT molecular complexity index is 3630. The normalized spacial score (nSPS) is 11.6. The van der Waals surface area contributed by atoms with E-state index in [1.807, 2.05) is 29.5 Å². The van der Waals surface area contributed by atoms with Gasteiger partial charge in [-0.1, -0.05) is 200 Å². The highest BCUT2D eigenvalue weighted by molar-refractivity contribution is 7.26. The van der Waals surface area contributed by atoms with Crippen molar-refractivity contribution in [1.29, 1.82) is 0 Å². The lowest BCUT2D eigenvalue weighted by Gasteiger charge is -2.19. The molecular formula is C58H36N2S. The fourth-order valence-electron chi connectivity index (χ4n) is 9.25. The van der Waals surface area contributed by atoms with Crippen LogP contribution in [0.5, 0.6) is 0 Å². The third-order valence-corrected chi connectivity index (χ3v) is 13.3. The van der Waals surface area contributed by atoms with Crippen molar-refractivity contribution in [2.24, 2.45) is 0 Å². The highest BCUT2D eigenvalue weighted by Crippen LogP contribution is 2.47. The maximum atomic E-state index is 5.22. The smallest absolute Gasteiger partial charge is 0.160 e. The van der Waals surface area contributed by atoms with Crippen LogP contribution in [0.2, 0.25) is 0 Å². The zero-order valence-corrected chi connectivity index (χ0v) is 33.9. The standard InChI is InChI=1S/C58H36N2S/c1-3-16-39(17-4-1)55-48-25-10-9-24-47(48)54(50-34-33-37-15-7-8-22-44(37)56(50)55)40-31-29-38(30-32-40)51-36-52(60-58(59-51)41-18-5-2-6-19-41)43-21-13-20-42(35-43)45-26-14-27-49-46-23-11-12-28-53(46)61-57(45)49/h1-36H. The number of hydrogen-bond donors (Lipinski definition) is 0. The SMILES string of the molecule is c1ccc(-c2nc(-c3ccc(-c4c5ccccc5c(-c5ccccc5)c5c4ccc4ccccc45)cc3)cc(-c3cccc(-c4cccc5c4sc4ccccc45)c3)n2)cc1. The van der Waals surface area contributed by atoms with Gasteiger partial charge >= 0.3 is 0 Å². The lowest BCUT2D eigenvalue weighted by atomic mass is 9.84. The Hall–Kier alpha value is -7.72. The Labute approximate surface area is 357 Å². The molecular weight excluding hydrogens is 757 g/mol. The van der Waals surface area contributed by atoms with E-state index in [2.05, 4.69) is 200 Å². The average molecular weight is 793 g/mol. The summed E-state index contributed by atoms with van der Waals surface area (Å²) >= 11 is 1.86. The summed E-state index contributed by atoms with van der Waals surface area (Å²) in [5, 5.41) is 10.1. The van der Waals surface area contributed by atoms with Gasteiger partial charge < -0.3 is 0 Å². The lowest BCUT2D eigenvalue weighted by molar-refractivity contribution is 1.18. The monoisotopic (exact) mass is 792 g/mol. The molecule has 12 rings (SSSR count). The lowest BCUT2D eigenvalue weighted by Crippen LogP contribution is -1.96. The molecule has 0 spiro atoms. The van der Waals surface area contributed by atoms with Crippen LogP contribution < -0.4 is 0 Å². The van der Waals surface area contributed by atoms with Gasteiger partial charge in [0.05, 0.1) is 11.4 Å². The van der Waals surface area contributed by atoms with Gasteiger partial charge in [0.15, 0.2) is 5.82 Å². The van der Waals surface area contributed by atoms with E-state index in [0.717, 1.165) is 28.1 Å². The fourth-order valence-corrected chi connectivity index (χ4v) is 10.5. The first-order valence-electron chi connectivity index (χ1n) is 20.7. The Morgan fingerprint density at radius 1 is 0.311 bits per heavy atom. The topological polar surface area (TPSA) is 25.8 Å². The second-order valence-electron chi connectivity index (χ2n) is 15.6. The zero-order valence-electron chi connectivity index (χ0n) is 33.1. The third kappa shape index (κ3) is 6.01. The molecule has 0 saturated carbocycles. The molecule has 12 aromatic rings. The van der Waals surface area contributed by atoms with E-state index in [0.29, 0.717) is 5.82 Å². The number of benzene rings is 10. The number of rotatable bonds is 6. The molecule has 0 atom stereocenters.